The second-order valence-corrected chi connectivity index (χ2v) is 3.58. The third-order valence-corrected chi connectivity index (χ3v) is 2.37. The SMILES string of the molecule is COc1ccc(-c2nc(=S)nc(OC)[nH]2)cc1. The molecule has 2 rings (SSSR count). The van der Waals surface area contributed by atoms with Crippen LogP contribution in [0.25, 0.3) is 11.4 Å². The van der Waals surface area contributed by atoms with Gasteiger partial charge in [-0.05, 0) is 36.5 Å². The molecule has 0 amide bonds. The molecular weight excluding hydrogens is 238 g/mol. The smallest absolute Gasteiger partial charge is 0.297 e. The number of hydrogen-bond acceptors (Lipinski definition) is 5. The maximum Gasteiger partial charge on any atom is 0.297 e. The van der Waals surface area contributed by atoms with Gasteiger partial charge >= 0.3 is 0 Å². The zero-order chi connectivity index (χ0) is 12.3. The van der Waals surface area contributed by atoms with Gasteiger partial charge in [-0.25, -0.2) is 4.98 Å². The van der Waals surface area contributed by atoms with Crippen molar-refractivity contribution in [1.29, 1.82) is 0 Å². The van der Waals surface area contributed by atoms with Crippen LogP contribution in [-0.4, -0.2) is 29.2 Å². The summed E-state index contributed by atoms with van der Waals surface area (Å²) in [7, 11) is 3.14. The standard InChI is InChI=1S/C11H11N3O2S/c1-15-8-5-3-7(4-6-8)9-12-10(16-2)14-11(17)13-9/h3-6H,1-2H3,(H,12,13,14,17). The number of benzene rings is 1. The van der Waals surface area contributed by atoms with Gasteiger partial charge in [-0.1, -0.05) is 0 Å². The number of aromatic nitrogens is 3. The molecule has 0 spiro atoms. The third kappa shape index (κ3) is 2.59. The molecule has 2 aromatic rings. The van der Waals surface area contributed by atoms with Crippen LogP contribution in [0.2, 0.25) is 0 Å². The summed E-state index contributed by atoms with van der Waals surface area (Å²) >= 11 is 4.96. The van der Waals surface area contributed by atoms with Gasteiger partial charge in [0, 0.05) is 5.56 Å². The summed E-state index contributed by atoms with van der Waals surface area (Å²) in [6.07, 6.45) is 0. The topological polar surface area (TPSA) is 60.0 Å². The van der Waals surface area contributed by atoms with Gasteiger partial charge in [-0.2, -0.15) is 4.98 Å². The van der Waals surface area contributed by atoms with Crippen molar-refractivity contribution in [3.05, 3.63) is 29.0 Å². The van der Waals surface area contributed by atoms with Crippen molar-refractivity contribution in [2.24, 2.45) is 0 Å². The fourth-order valence-corrected chi connectivity index (χ4v) is 1.52. The maximum absolute atomic E-state index is 5.09. The second-order valence-electron chi connectivity index (χ2n) is 3.22. The van der Waals surface area contributed by atoms with E-state index in [2.05, 4.69) is 15.0 Å². The Bertz CT molecular complexity index is 566. The molecule has 0 aliphatic carbocycles. The number of methoxy groups -OCH3 is 2. The molecule has 0 aliphatic heterocycles. The van der Waals surface area contributed by atoms with Crippen LogP contribution in [-0.2, 0) is 0 Å². The summed E-state index contributed by atoms with van der Waals surface area (Å²) in [6.45, 7) is 0. The van der Waals surface area contributed by atoms with Crippen LogP contribution in [0, 0.1) is 4.77 Å². The molecule has 0 unspecified atom stereocenters. The van der Waals surface area contributed by atoms with E-state index in [9.17, 15) is 0 Å². The largest absolute Gasteiger partial charge is 0.497 e. The maximum atomic E-state index is 5.09. The Morgan fingerprint density at radius 3 is 2.35 bits per heavy atom. The molecule has 0 fully saturated rings. The fourth-order valence-electron chi connectivity index (χ4n) is 1.35. The Hall–Kier alpha value is -1.95. The average molecular weight is 249 g/mol. The summed E-state index contributed by atoms with van der Waals surface area (Å²) in [5, 5.41) is 0. The van der Waals surface area contributed by atoms with Crippen LogP contribution in [0.3, 0.4) is 0 Å². The van der Waals surface area contributed by atoms with Crippen molar-refractivity contribution in [2.75, 3.05) is 14.2 Å². The van der Waals surface area contributed by atoms with E-state index in [1.165, 1.54) is 7.11 Å². The van der Waals surface area contributed by atoms with Crippen LogP contribution >= 0.6 is 12.2 Å². The molecule has 1 aromatic heterocycles. The van der Waals surface area contributed by atoms with Crippen molar-refractivity contribution in [3.8, 4) is 23.1 Å². The summed E-state index contributed by atoms with van der Waals surface area (Å²) in [6, 6.07) is 7.80. The lowest BCUT2D eigenvalue weighted by Crippen LogP contribution is -1.97. The predicted molar refractivity (Wildman–Crippen MR) is 65.8 cm³/mol. The summed E-state index contributed by atoms with van der Waals surface area (Å²) in [5.41, 5.74) is 0.887. The molecule has 0 saturated heterocycles. The molecule has 1 N–H and O–H groups in total. The fraction of sp³-hybridized carbons (Fsp3) is 0.182. The Morgan fingerprint density at radius 1 is 1.06 bits per heavy atom. The Morgan fingerprint density at radius 2 is 1.76 bits per heavy atom. The minimum absolute atomic E-state index is 0.242. The predicted octanol–water partition coefficient (Wildman–Crippen LogP) is 2.22. The van der Waals surface area contributed by atoms with E-state index in [-0.39, 0.29) is 4.77 Å². The van der Waals surface area contributed by atoms with E-state index in [1.807, 2.05) is 24.3 Å². The van der Waals surface area contributed by atoms with E-state index in [1.54, 1.807) is 7.11 Å². The van der Waals surface area contributed by atoms with Crippen molar-refractivity contribution in [1.82, 2.24) is 15.0 Å². The number of ether oxygens (including phenoxy) is 2. The van der Waals surface area contributed by atoms with Gasteiger partial charge in [-0.3, -0.25) is 4.98 Å². The van der Waals surface area contributed by atoms with Gasteiger partial charge in [0.05, 0.1) is 14.2 Å². The van der Waals surface area contributed by atoms with Crippen molar-refractivity contribution >= 4 is 12.2 Å². The lowest BCUT2D eigenvalue weighted by Gasteiger charge is -2.04. The molecule has 0 atom stereocenters. The highest BCUT2D eigenvalue weighted by Crippen LogP contribution is 2.19. The van der Waals surface area contributed by atoms with E-state index in [4.69, 9.17) is 21.7 Å². The molecule has 0 aliphatic rings. The van der Waals surface area contributed by atoms with Crippen LogP contribution in [0.4, 0.5) is 0 Å². The molecule has 1 heterocycles. The van der Waals surface area contributed by atoms with Crippen molar-refractivity contribution < 1.29 is 9.47 Å². The highest BCUT2D eigenvalue weighted by Gasteiger charge is 2.03. The highest BCUT2D eigenvalue weighted by molar-refractivity contribution is 7.71. The molecule has 0 bridgehead atoms. The van der Waals surface area contributed by atoms with E-state index in [0.29, 0.717) is 11.8 Å². The van der Waals surface area contributed by atoms with E-state index in [0.717, 1.165) is 11.3 Å². The quantitative estimate of drug-likeness (QED) is 0.845. The number of hydrogen-bond donors (Lipinski definition) is 1. The number of H-pyrrole nitrogens is 1. The zero-order valence-electron chi connectivity index (χ0n) is 9.43. The van der Waals surface area contributed by atoms with Crippen LogP contribution in [0.15, 0.2) is 24.3 Å². The summed E-state index contributed by atoms with van der Waals surface area (Å²) < 4.78 is 10.3. The Labute approximate surface area is 103 Å². The number of nitrogens with one attached hydrogen (secondary N) is 1. The molecule has 17 heavy (non-hydrogen) atoms. The van der Waals surface area contributed by atoms with Gasteiger partial charge in [0.15, 0.2) is 0 Å². The first-order chi connectivity index (χ1) is 8.22. The minimum atomic E-state index is 0.242. The van der Waals surface area contributed by atoms with Crippen LogP contribution < -0.4 is 9.47 Å². The van der Waals surface area contributed by atoms with E-state index < -0.39 is 0 Å². The number of rotatable bonds is 3. The Balaban J connectivity index is 2.44. The Kier molecular flexibility index (Phi) is 3.34. The highest BCUT2D eigenvalue weighted by atomic mass is 32.1. The van der Waals surface area contributed by atoms with Gasteiger partial charge in [-0.15, -0.1) is 0 Å². The third-order valence-electron chi connectivity index (χ3n) is 2.19. The summed E-state index contributed by atoms with van der Waals surface area (Å²) in [4.78, 5) is 11.0. The monoisotopic (exact) mass is 249 g/mol. The lowest BCUT2D eigenvalue weighted by molar-refractivity contribution is 0.378. The van der Waals surface area contributed by atoms with Crippen molar-refractivity contribution in [2.45, 2.75) is 0 Å². The van der Waals surface area contributed by atoms with Gasteiger partial charge in [0.25, 0.3) is 6.01 Å². The molecule has 0 radical (unpaired) electrons. The molecular formula is C11H11N3O2S. The first kappa shape index (κ1) is 11.5. The normalized spacial score (nSPS) is 10.0. The molecule has 0 saturated carbocycles. The van der Waals surface area contributed by atoms with E-state index >= 15 is 0 Å². The van der Waals surface area contributed by atoms with Crippen LogP contribution in [0.1, 0.15) is 0 Å². The molecule has 88 valence electrons. The second kappa shape index (κ2) is 4.92. The van der Waals surface area contributed by atoms with Gasteiger partial charge < -0.3 is 9.47 Å². The molecule has 6 heteroatoms. The first-order valence-corrected chi connectivity index (χ1v) is 5.30. The zero-order valence-corrected chi connectivity index (χ0v) is 10.2. The number of aromatic amines is 1. The average Bonchev–Trinajstić information content (AvgIpc) is 2.38. The van der Waals surface area contributed by atoms with Gasteiger partial charge in [0.1, 0.15) is 11.6 Å². The molecule has 5 nitrogen and oxygen atoms in total. The summed E-state index contributed by atoms with van der Waals surface area (Å²) in [5.74, 6) is 1.40. The minimum Gasteiger partial charge on any atom is -0.497 e. The van der Waals surface area contributed by atoms with Gasteiger partial charge in [0.2, 0.25) is 4.77 Å². The first-order valence-electron chi connectivity index (χ1n) is 4.89. The lowest BCUT2D eigenvalue weighted by atomic mass is 10.2. The van der Waals surface area contributed by atoms with Crippen LogP contribution in [0.5, 0.6) is 11.8 Å². The number of nitrogens with zero attached hydrogens (tertiary/aromatic N) is 2. The van der Waals surface area contributed by atoms with Crippen molar-refractivity contribution in [3.63, 3.8) is 0 Å². The molecule has 1 aromatic carbocycles.